The third-order valence-corrected chi connectivity index (χ3v) is 5.48. The van der Waals surface area contributed by atoms with Crippen molar-refractivity contribution >= 4 is 38.4 Å². The Hall–Kier alpha value is -2.58. The van der Waals surface area contributed by atoms with Gasteiger partial charge in [0.1, 0.15) is 5.02 Å². The second-order valence-electron chi connectivity index (χ2n) is 8.74. The summed E-state index contributed by atoms with van der Waals surface area (Å²) in [7, 11) is -3.65. The van der Waals surface area contributed by atoms with Crippen molar-refractivity contribution in [2.75, 3.05) is 12.9 Å². The highest BCUT2D eigenvalue weighted by atomic mass is 35.5. The molecule has 0 aliphatic heterocycles. The second-order valence-corrected chi connectivity index (χ2v) is 10.9. The van der Waals surface area contributed by atoms with Gasteiger partial charge < -0.3 is 9.30 Å². The molecule has 32 heavy (non-hydrogen) atoms. The molecule has 0 saturated heterocycles. The zero-order chi connectivity index (χ0) is 23.6. The first-order valence-electron chi connectivity index (χ1n) is 10.4. The number of nitrogens with one attached hydrogen (secondary N) is 1. The number of hydrogen-bond donors (Lipinski definition) is 1. The lowest BCUT2D eigenvalue weighted by atomic mass is 10.0. The molecule has 7 nitrogen and oxygen atoms in total. The Morgan fingerprint density at radius 2 is 1.91 bits per heavy atom. The third kappa shape index (κ3) is 5.81. The maximum absolute atomic E-state index is 12.4. The highest BCUT2D eigenvalue weighted by Crippen LogP contribution is 2.35. The van der Waals surface area contributed by atoms with Gasteiger partial charge in [0.15, 0.2) is 0 Å². The number of carbonyl (C=O) groups excluding carboxylic acids is 1. The number of aromatic nitrogens is 2. The molecule has 1 aromatic carbocycles. The highest BCUT2D eigenvalue weighted by Gasteiger charge is 2.17. The van der Waals surface area contributed by atoms with Gasteiger partial charge in [-0.1, -0.05) is 45.4 Å². The monoisotopic (exact) mass is 477 g/mol. The molecule has 0 atom stereocenters. The molecule has 2 aromatic heterocycles. The van der Waals surface area contributed by atoms with Crippen molar-refractivity contribution in [3.63, 3.8) is 0 Å². The van der Waals surface area contributed by atoms with Gasteiger partial charge in [-0.2, -0.15) is 0 Å². The quantitative estimate of drug-likeness (QED) is 0.506. The van der Waals surface area contributed by atoms with E-state index < -0.39 is 15.9 Å². The molecule has 0 bridgehead atoms. The summed E-state index contributed by atoms with van der Waals surface area (Å²) >= 11 is 6.43. The van der Waals surface area contributed by atoms with Crippen molar-refractivity contribution in [3.8, 4) is 17.0 Å². The fourth-order valence-electron chi connectivity index (χ4n) is 3.36. The molecule has 172 valence electrons. The summed E-state index contributed by atoms with van der Waals surface area (Å²) in [6.07, 6.45) is 4.68. The van der Waals surface area contributed by atoms with Crippen molar-refractivity contribution in [2.24, 2.45) is 11.8 Å². The number of sulfonamides is 1. The van der Waals surface area contributed by atoms with E-state index in [-0.39, 0.29) is 5.56 Å². The SMILES string of the molecule is CC(C)COc1ncc(-c2cn(CC(C)C)c3cc(C(=O)NS(C)(=O)=O)ccc23)cc1Cl. The molecule has 0 unspecified atom stereocenters. The molecule has 1 N–H and O–H groups in total. The molecule has 0 aliphatic rings. The minimum Gasteiger partial charge on any atom is -0.476 e. The largest absolute Gasteiger partial charge is 0.476 e. The Kier molecular flexibility index (Phi) is 7.15. The molecule has 2 heterocycles. The van der Waals surface area contributed by atoms with Gasteiger partial charge in [-0.15, -0.1) is 0 Å². The van der Waals surface area contributed by atoms with E-state index in [0.717, 1.165) is 34.8 Å². The van der Waals surface area contributed by atoms with E-state index in [1.54, 1.807) is 18.3 Å². The van der Waals surface area contributed by atoms with Gasteiger partial charge in [-0.3, -0.25) is 4.79 Å². The van der Waals surface area contributed by atoms with Crippen molar-refractivity contribution in [2.45, 2.75) is 34.2 Å². The van der Waals surface area contributed by atoms with Gasteiger partial charge >= 0.3 is 0 Å². The van der Waals surface area contributed by atoms with Crippen molar-refractivity contribution in [3.05, 3.63) is 47.2 Å². The summed E-state index contributed by atoms with van der Waals surface area (Å²) in [5, 5.41) is 1.34. The minimum absolute atomic E-state index is 0.270. The molecule has 9 heteroatoms. The molecule has 0 radical (unpaired) electrons. The fourth-order valence-corrected chi connectivity index (χ4v) is 4.03. The average Bonchev–Trinajstić information content (AvgIpc) is 3.02. The van der Waals surface area contributed by atoms with Crippen LogP contribution in [0.3, 0.4) is 0 Å². The van der Waals surface area contributed by atoms with Gasteiger partial charge in [0.05, 0.1) is 12.9 Å². The Labute approximate surface area is 193 Å². The smallest absolute Gasteiger partial charge is 0.264 e. The van der Waals surface area contributed by atoms with E-state index in [2.05, 4.69) is 37.2 Å². The van der Waals surface area contributed by atoms with Crippen LogP contribution in [0.5, 0.6) is 5.88 Å². The summed E-state index contributed by atoms with van der Waals surface area (Å²) in [5.41, 5.74) is 2.84. The first-order valence-corrected chi connectivity index (χ1v) is 12.6. The predicted molar refractivity (Wildman–Crippen MR) is 128 cm³/mol. The van der Waals surface area contributed by atoms with Crippen LogP contribution in [0.15, 0.2) is 36.7 Å². The van der Waals surface area contributed by atoms with E-state index in [1.165, 1.54) is 0 Å². The van der Waals surface area contributed by atoms with Gasteiger partial charge in [0.25, 0.3) is 5.91 Å². The summed E-state index contributed by atoms with van der Waals surface area (Å²) in [4.78, 5) is 16.8. The number of halogens is 1. The van der Waals surface area contributed by atoms with Crippen molar-refractivity contribution in [1.82, 2.24) is 14.3 Å². The van der Waals surface area contributed by atoms with Crippen LogP contribution < -0.4 is 9.46 Å². The van der Waals surface area contributed by atoms with Crippen LogP contribution in [0.4, 0.5) is 0 Å². The number of rotatable bonds is 8. The third-order valence-electron chi connectivity index (χ3n) is 4.66. The number of hydrogen-bond acceptors (Lipinski definition) is 5. The number of amides is 1. The standard InChI is InChI=1S/C23H28ClN3O4S/c1-14(2)11-27-12-19(17-8-20(24)23(25-10-17)31-13-15(3)4)18-7-6-16(9-21(18)27)22(28)26-32(5,29)30/h6-10,12,14-15H,11,13H2,1-5H3,(H,26,28). The lowest BCUT2D eigenvalue weighted by Gasteiger charge is -2.10. The van der Waals surface area contributed by atoms with E-state index in [9.17, 15) is 13.2 Å². The van der Waals surface area contributed by atoms with E-state index >= 15 is 0 Å². The van der Waals surface area contributed by atoms with Gasteiger partial charge in [-0.25, -0.2) is 18.1 Å². The Balaban J connectivity index is 2.06. The Morgan fingerprint density at radius 1 is 1.19 bits per heavy atom. The molecular formula is C23H28ClN3O4S. The van der Waals surface area contributed by atoms with Crippen LogP contribution in [-0.4, -0.2) is 36.7 Å². The van der Waals surface area contributed by atoms with Crippen molar-refractivity contribution in [1.29, 1.82) is 0 Å². The molecule has 0 aliphatic carbocycles. The Morgan fingerprint density at radius 3 is 2.50 bits per heavy atom. The molecule has 1 amide bonds. The molecule has 0 fully saturated rings. The highest BCUT2D eigenvalue weighted by molar-refractivity contribution is 7.89. The lowest BCUT2D eigenvalue weighted by molar-refractivity contribution is 0.0982. The van der Waals surface area contributed by atoms with E-state index in [1.807, 2.05) is 23.1 Å². The number of fused-ring (bicyclic) bond motifs is 1. The second kappa shape index (κ2) is 9.50. The van der Waals surface area contributed by atoms with E-state index in [4.69, 9.17) is 16.3 Å². The molecule has 0 saturated carbocycles. The van der Waals surface area contributed by atoms with Crippen LogP contribution in [0.25, 0.3) is 22.0 Å². The Bertz CT molecular complexity index is 1250. The van der Waals surface area contributed by atoms with Crippen LogP contribution >= 0.6 is 11.6 Å². The number of carbonyl (C=O) groups is 1. The summed E-state index contributed by atoms with van der Waals surface area (Å²) in [5.74, 6) is 0.454. The fraction of sp³-hybridized carbons (Fsp3) is 0.391. The first-order chi connectivity index (χ1) is 14.9. The zero-order valence-electron chi connectivity index (χ0n) is 18.8. The summed E-state index contributed by atoms with van der Waals surface area (Å²) < 4.78 is 32.7. The molecule has 3 rings (SSSR count). The number of benzene rings is 1. The predicted octanol–water partition coefficient (Wildman–Crippen LogP) is 4.74. The number of pyridine rings is 1. The van der Waals surface area contributed by atoms with Crippen LogP contribution in [0.1, 0.15) is 38.1 Å². The lowest BCUT2D eigenvalue weighted by Crippen LogP contribution is -2.29. The van der Waals surface area contributed by atoms with Crippen LogP contribution in [-0.2, 0) is 16.6 Å². The normalized spacial score (nSPS) is 12.0. The van der Waals surface area contributed by atoms with Gasteiger partial charge in [0, 0.05) is 46.5 Å². The number of nitrogens with zero attached hydrogens (tertiary/aromatic N) is 2. The zero-order valence-corrected chi connectivity index (χ0v) is 20.4. The van der Waals surface area contributed by atoms with Gasteiger partial charge in [0.2, 0.25) is 15.9 Å². The maximum Gasteiger partial charge on any atom is 0.264 e. The first kappa shape index (κ1) is 24.1. The maximum atomic E-state index is 12.4. The number of ether oxygens (including phenoxy) is 1. The topological polar surface area (TPSA) is 90.3 Å². The molecule has 3 aromatic rings. The van der Waals surface area contributed by atoms with Crippen molar-refractivity contribution < 1.29 is 17.9 Å². The summed E-state index contributed by atoms with van der Waals surface area (Å²) in [6, 6.07) is 6.96. The van der Waals surface area contributed by atoms with Gasteiger partial charge in [-0.05, 0) is 30.0 Å². The van der Waals surface area contributed by atoms with Crippen LogP contribution in [0, 0.1) is 11.8 Å². The molecule has 0 spiro atoms. The minimum atomic E-state index is -3.65. The summed E-state index contributed by atoms with van der Waals surface area (Å²) in [6.45, 7) is 9.56. The van der Waals surface area contributed by atoms with Crippen LogP contribution in [0.2, 0.25) is 5.02 Å². The molecular weight excluding hydrogens is 450 g/mol. The average molecular weight is 478 g/mol. The van der Waals surface area contributed by atoms with E-state index in [0.29, 0.717) is 29.3 Å².